The van der Waals surface area contributed by atoms with E-state index in [0.717, 1.165) is 10.9 Å². The Kier molecular flexibility index (Phi) is 4.75. The molecule has 20 heavy (non-hydrogen) atoms. The lowest BCUT2D eigenvalue weighted by molar-refractivity contribution is 0.657. The zero-order valence-corrected chi connectivity index (χ0v) is 14.2. The fourth-order valence-corrected chi connectivity index (χ4v) is 4.70. The first-order chi connectivity index (χ1) is 9.76. The van der Waals surface area contributed by atoms with Gasteiger partial charge < -0.3 is 0 Å². The van der Waals surface area contributed by atoms with Gasteiger partial charge in [-0.25, -0.2) is 0 Å². The Morgan fingerprint density at radius 2 is 1.90 bits per heavy atom. The maximum absolute atomic E-state index is 6.21. The van der Waals surface area contributed by atoms with Gasteiger partial charge in [0.15, 0.2) is 0 Å². The highest BCUT2D eigenvalue weighted by Crippen LogP contribution is 2.41. The van der Waals surface area contributed by atoms with Gasteiger partial charge in [0, 0.05) is 20.5 Å². The molecule has 0 amide bonds. The van der Waals surface area contributed by atoms with Gasteiger partial charge in [0.1, 0.15) is 0 Å². The fraction of sp³-hybridized carbons (Fsp3) is 0.294. The summed E-state index contributed by atoms with van der Waals surface area (Å²) in [7, 11) is 0. The van der Waals surface area contributed by atoms with Gasteiger partial charge >= 0.3 is 0 Å². The topological polar surface area (TPSA) is 0 Å². The molecule has 3 heteroatoms. The number of thioether (sulfide) groups is 1. The molecule has 0 saturated carbocycles. The molecular formula is C17H16BrClS. The second-order valence-corrected chi connectivity index (χ2v) is 7.76. The van der Waals surface area contributed by atoms with Crippen molar-refractivity contribution < 1.29 is 0 Å². The zero-order valence-electron chi connectivity index (χ0n) is 11.1. The van der Waals surface area contributed by atoms with E-state index in [0.29, 0.717) is 17.0 Å². The van der Waals surface area contributed by atoms with Crippen LogP contribution in [0, 0.1) is 0 Å². The smallest absolute Gasteiger partial charge is 0.0292 e. The van der Waals surface area contributed by atoms with E-state index in [1.165, 1.54) is 22.4 Å². The molecule has 0 saturated heterocycles. The molecule has 0 spiro atoms. The van der Waals surface area contributed by atoms with Crippen LogP contribution in [-0.2, 0) is 6.42 Å². The summed E-state index contributed by atoms with van der Waals surface area (Å²) >= 11 is 11.7. The molecule has 0 bridgehead atoms. The largest absolute Gasteiger partial charge is 0.126 e. The van der Waals surface area contributed by atoms with E-state index in [1.54, 1.807) is 0 Å². The van der Waals surface area contributed by atoms with Gasteiger partial charge in [0.25, 0.3) is 0 Å². The molecule has 0 fully saturated rings. The maximum atomic E-state index is 6.21. The third kappa shape index (κ3) is 3.24. The number of rotatable bonds is 4. The number of hydrogen-bond donors (Lipinski definition) is 0. The third-order valence-electron chi connectivity index (χ3n) is 3.79. The van der Waals surface area contributed by atoms with Crippen LogP contribution in [0.5, 0.6) is 0 Å². The quantitative estimate of drug-likeness (QED) is 0.608. The number of fused-ring (bicyclic) bond motifs is 1. The minimum Gasteiger partial charge on any atom is -0.126 e. The number of hydrogen-bond acceptors (Lipinski definition) is 1. The third-order valence-corrected chi connectivity index (χ3v) is 6.03. The van der Waals surface area contributed by atoms with Crippen LogP contribution in [0.4, 0.5) is 0 Å². The first-order valence-electron chi connectivity index (χ1n) is 6.82. The van der Waals surface area contributed by atoms with Gasteiger partial charge in [-0.2, -0.15) is 0 Å². The van der Waals surface area contributed by atoms with Crippen LogP contribution in [-0.4, -0.2) is 11.1 Å². The van der Waals surface area contributed by atoms with E-state index in [1.807, 2.05) is 11.8 Å². The van der Waals surface area contributed by atoms with Gasteiger partial charge in [0.05, 0.1) is 0 Å². The number of halogens is 2. The van der Waals surface area contributed by atoms with E-state index < -0.39 is 0 Å². The van der Waals surface area contributed by atoms with Crippen LogP contribution in [0.3, 0.4) is 0 Å². The molecule has 2 aromatic carbocycles. The minimum absolute atomic E-state index is 0.441. The average Bonchev–Trinajstić information content (AvgIpc) is 2.88. The number of benzene rings is 2. The lowest BCUT2D eigenvalue weighted by atomic mass is 9.94. The molecule has 0 nitrogen and oxygen atoms in total. The highest BCUT2D eigenvalue weighted by atomic mass is 79.9. The van der Waals surface area contributed by atoms with Crippen LogP contribution in [0.25, 0.3) is 0 Å². The standard InChI is InChI=1S/C17H16BrClS/c18-15-7-5-12(6-8-15)14(11-19)10-16-9-13-3-1-2-4-17(13)20-16/h1-8,14,16H,9-11H2. The SMILES string of the molecule is ClCC(CC1Cc2ccccc2S1)c1ccc(Br)cc1. The molecule has 0 N–H and O–H groups in total. The molecule has 104 valence electrons. The van der Waals surface area contributed by atoms with Crippen LogP contribution in [0.1, 0.15) is 23.5 Å². The van der Waals surface area contributed by atoms with E-state index >= 15 is 0 Å². The van der Waals surface area contributed by atoms with Crippen molar-refractivity contribution >= 4 is 39.3 Å². The normalized spacial score (nSPS) is 18.8. The second kappa shape index (κ2) is 6.55. The Morgan fingerprint density at radius 3 is 2.60 bits per heavy atom. The number of alkyl halides is 1. The summed E-state index contributed by atoms with van der Waals surface area (Å²) in [6.07, 6.45) is 2.31. The van der Waals surface area contributed by atoms with Crippen molar-refractivity contribution in [1.29, 1.82) is 0 Å². The molecule has 1 aliphatic rings. The van der Waals surface area contributed by atoms with Crippen LogP contribution >= 0.6 is 39.3 Å². The monoisotopic (exact) mass is 366 g/mol. The van der Waals surface area contributed by atoms with Crippen molar-refractivity contribution in [2.45, 2.75) is 28.9 Å². The summed E-state index contributed by atoms with van der Waals surface area (Å²) in [4.78, 5) is 1.45. The molecule has 0 aliphatic carbocycles. The van der Waals surface area contributed by atoms with Crippen molar-refractivity contribution in [3.63, 3.8) is 0 Å². The first-order valence-corrected chi connectivity index (χ1v) is 9.03. The van der Waals surface area contributed by atoms with Crippen LogP contribution in [0.15, 0.2) is 57.9 Å². The maximum Gasteiger partial charge on any atom is 0.0292 e. The van der Waals surface area contributed by atoms with E-state index in [9.17, 15) is 0 Å². The second-order valence-electron chi connectivity index (χ2n) is 5.19. The van der Waals surface area contributed by atoms with Crippen molar-refractivity contribution in [3.05, 3.63) is 64.1 Å². The van der Waals surface area contributed by atoms with E-state index in [2.05, 4.69) is 64.5 Å². The minimum atomic E-state index is 0.441. The highest BCUT2D eigenvalue weighted by molar-refractivity contribution is 9.10. The summed E-state index contributed by atoms with van der Waals surface area (Å²) < 4.78 is 1.12. The Hall–Kier alpha value is -0.440. The Balaban J connectivity index is 1.69. The molecule has 3 rings (SSSR count). The van der Waals surface area contributed by atoms with Gasteiger partial charge in [-0.15, -0.1) is 23.4 Å². The van der Waals surface area contributed by atoms with E-state index in [-0.39, 0.29) is 0 Å². The summed E-state index contributed by atoms with van der Waals surface area (Å²) in [5.41, 5.74) is 2.84. The molecule has 0 aromatic heterocycles. The van der Waals surface area contributed by atoms with Gasteiger partial charge in [-0.3, -0.25) is 0 Å². The average molecular weight is 368 g/mol. The zero-order chi connectivity index (χ0) is 13.9. The predicted octanol–water partition coefficient (Wildman–Crippen LogP) is 5.88. The van der Waals surface area contributed by atoms with Gasteiger partial charge in [-0.1, -0.05) is 46.3 Å². The molecule has 1 heterocycles. The molecule has 2 unspecified atom stereocenters. The molecular weight excluding hydrogens is 352 g/mol. The molecule has 2 aromatic rings. The molecule has 2 atom stereocenters. The first kappa shape index (κ1) is 14.5. The van der Waals surface area contributed by atoms with Crippen molar-refractivity contribution in [2.75, 3.05) is 5.88 Å². The van der Waals surface area contributed by atoms with Crippen LogP contribution in [0.2, 0.25) is 0 Å². The van der Waals surface area contributed by atoms with Crippen molar-refractivity contribution in [2.24, 2.45) is 0 Å². The van der Waals surface area contributed by atoms with Crippen molar-refractivity contribution in [3.8, 4) is 0 Å². The predicted molar refractivity (Wildman–Crippen MR) is 92.0 cm³/mol. The Morgan fingerprint density at radius 1 is 1.15 bits per heavy atom. The van der Waals surface area contributed by atoms with Crippen LogP contribution < -0.4 is 0 Å². The lowest BCUT2D eigenvalue weighted by Gasteiger charge is -2.18. The molecule has 0 radical (unpaired) electrons. The van der Waals surface area contributed by atoms with Gasteiger partial charge in [-0.05, 0) is 48.1 Å². The summed E-state index contributed by atoms with van der Waals surface area (Å²) in [6.45, 7) is 0. The van der Waals surface area contributed by atoms with E-state index in [4.69, 9.17) is 11.6 Å². The van der Waals surface area contributed by atoms with Gasteiger partial charge in [0.2, 0.25) is 0 Å². The summed E-state index contributed by atoms with van der Waals surface area (Å²) in [5, 5.41) is 0.653. The Labute approximate surface area is 138 Å². The highest BCUT2D eigenvalue weighted by Gasteiger charge is 2.25. The lowest BCUT2D eigenvalue weighted by Crippen LogP contribution is -2.10. The fourth-order valence-electron chi connectivity index (χ4n) is 2.73. The molecule has 1 aliphatic heterocycles. The Bertz CT molecular complexity index is 557. The summed E-state index contributed by atoms with van der Waals surface area (Å²) in [6, 6.07) is 17.3. The van der Waals surface area contributed by atoms with Crippen molar-refractivity contribution in [1.82, 2.24) is 0 Å². The summed E-state index contributed by atoms with van der Waals surface area (Å²) in [5.74, 6) is 1.13.